The summed E-state index contributed by atoms with van der Waals surface area (Å²) in [5.74, 6) is 0. The Kier molecular flexibility index (Phi) is 6.59. The Morgan fingerprint density at radius 2 is 0.868 bits per heavy atom. The number of rotatable bonds is 4. The van der Waals surface area contributed by atoms with Crippen molar-refractivity contribution >= 4 is 65.0 Å². The van der Waals surface area contributed by atoms with Gasteiger partial charge in [-0.2, -0.15) is 0 Å². The number of benzene rings is 9. The van der Waals surface area contributed by atoms with Gasteiger partial charge in [-0.15, -0.1) is 0 Å². The van der Waals surface area contributed by atoms with Crippen LogP contribution in [-0.4, -0.2) is 9.55 Å². The topological polar surface area (TPSA) is 17.8 Å². The third-order valence-electron chi connectivity index (χ3n) is 10.9. The Bertz CT molecular complexity index is 3210. The zero-order valence-electron chi connectivity index (χ0n) is 28.9. The fourth-order valence-corrected chi connectivity index (χ4v) is 8.35. The lowest BCUT2D eigenvalue weighted by molar-refractivity contribution is 1.19. The van der Waals surface area contributed by atoms with E-state index in [9.17, 15) is 0 Å². The van der Waals surface area contributed by atoms with Crippen LogP contribution in [-0.2, 0) is 0 Å². The highest BCUT2D eigenvalue weighted by Gasteiger charge is 2.19. The van der Waals surface area contributed by atoms with Crippen LogP contribution in [0, 0.1) is 0 Å². The number of pyridine rings is 1. The van der Waals surface area contributed by atoms with Crippen LogP contribution in [0.1, 0.15) is 0 Å². The number of hydrogen-bond acceptors (Lipinski definition) is 1. The van der Waals surface area contributed by atoms with E-state index in [4.69, 9.17) is 4.98 Å². The molecule has 0 atom stereocenters. The molecule has 0 radical (unpaired) electrons. The molecule has 2 aromatic heterocycles. The second kappa shape index (κ2) is 11.8. The Labute approximate surface area is 306 Å². The van der Waals surface area contributed by atoms with Crippen LogP contribution in [0.15, 0.2) is 194 Å². The molecule has 0 amide bonds. The number of fused-ring (bicyclic) bond motifs is 9. The summed E-state index contributed by atoms with van der Waals surface area (Å²) >= 11 is 0. The molecule has 0 aliphatic rings. The number of nitrogens with zero attached hydrogens (tertiary/aromatic N) is 2. The number of hydrogen-bond donors (Lipinski definition) is 0. The van der Waals surface area contributed by atoms with E-state index in [0.29, 0.717) is 0 Å². The largest absolute Gasteiger partial charge is 0.309 e. The first kappa shape index (κ1) is 29.7. The van der Waals surface area contributed by atoms with Crippen molar-refractivity contribution in [1.29, 1.82) is 0 Å². The molecule has 2 nitrogen and oxygen atoms in total. The van der Waals surface area contributed by atoms with Crippen LogP contribution in [0.25, 0.3) is 104 Å². The van der Waals surface area contributed by atoms with Crippen LogP contribution in [0.4, 0.5) is 0 Å². The molecule has 2 heterocycles. The van der Waals surface area contributed by atoms with Gasteiger partial charge >= 0.3 is 0 Å². The third kappa shape index (κ3) is 4.77. The molecule has 246 valence electrons. The first-order chi connectivity index (χ1) is 26.3. The minimum absolute atomic E-state index is 0.994. The summed E-state index contributed by atoms with van der Waals surface area (Å²) in [6.07, 6.45) is 0. The van der Waals surface area contributed by atoms with E-state index in [0.717, 1.165) is 33.2 Å². The van der Waals surface area contributed by atoms with Crippen molar-refractivity contribution in [3.05, 3.63) is 194 Å². The molecule has 0 bridgehead atoms. The maximum absolute atomic E-state index is 5.32. The van der Waals surface area contributed by atoms with Gasteiger partial charge in [0.2, 0.25) is 0 Å². The van der Waals surface area contributed by atoms with E-state index >= 15 is 0 Å². The van der Waals surface area contributed by atoms with Crippen molar-refractivity contribution in [2.45, 2.75) is 0 Å². The second-order valence-electron chi connectivity index (χ2n) is 14.0. The van der Waals surface area contributed by atoms with Crippen LogP contribution in [0.3, 0.4) is 0 Å². The lowest BCUT2D eigenvalue weighted by Gasteiger charge is -2.14. The fourth-order valence-electron chi connectivity index (χ4n) is 8.35. The summed E-state index contributed by atoms with van der Waals surface area (Å²) in [5.41, 5.74) is 11.5. The normalized spacial score (nSPS) is 11.8. The minimum Gasteiger partial charge on any atom is -0.309 e. The molecule has 9 aromatic carbocycles. The van der Waals surface area contributed by atoms with Crippen molar-refractivity contribution in [1.82, 2.24) is 9.55 Å². The van der Waals surface area contributed by atoms with Gasteiger partial charge in [0.15, 0.2) is 0 Å². The zero-order valence-corrected chi connectivity index (χ0v) is 28.9. The summed E-state index contributed by atoms with van der Waals surface area (Å²) in [5, 5.41) is 11.0. The first-order valence-electron chi connectivity index (χ1n) is 18.2. The van der Waals surface area contributed by atoms with Gasteiger partial charge in [0.05, 0.1) is 22.2 Å². The predicted octanol–water partition coefficient (Wildman–Crippen LogP) is 13.8. The van der Waals surface area contributed by atoms with Crippen LogP contribution in [0.5, 0.6) is 0 Å². The summed E-state index contributed by atoms with van der Waals surface area (Å²) in [6.45, 7) is 0. The Hall–Kier alpha value is -7.03. The average Bonchev–Trinajstić information content (AvgIpc) is 3.58. The zero-order chi connectivity index (χ0) is 34.9. The first-order valence-corrected chi connectivity index (χ1v) is 18.2. The van der Waals surface area contributed by atoms with Crippen LogP contribution >= 0.6 is 0 Å². The number of para-hydroxylation sites is 3. The summed E-state index contributed by atoms with van der Waals surface area (Å²) < 4.78 is 2.43. The van der Waals surface area contributed by atoms with E-state index < -0.39 is 0 Å². The van der Waals surface area contributed by atoms with Crippen LogP contribution < -0.4 is 0 Å². The Morgan fingerprint density at radius 3 is 1.62 bits per heavy atom. The van der Waals surface area contributed by atoms with Gasteiger partial charge < -0.3 is 4.57 Å². The van der Waals surface area contributed by atoms with Gasteiger partial charge in [0.1, 0.15) is 0 Å². The molecule has 2 heteroatoms. The molecule has 0 fully saturated rings. The van der Waals surface area contributed by atoms with E-state index in [-0.39, 0.29) is 0 Å². The molecule has 0 aliphatic heterocycles. The predicted molar refractivity (Wildman–Crippen MR) is 225 cm³/mol. The van der Waals surface area contributed by atoms with Crippen molar-refractivity contribution < 1.29 is 0 Å². The fraction of sp³-hybridized carbons (Fsp3) is 0. The van der Waals surface area contributed by atoms with Crippen molar-refractivity contribution in [3.8, 4) is 39.2 Å². The van der Waals surface area contributed by atoms with E-state index in [1.165, 1.54) is 71.0 Å². The molecule has 11 aromatic rings. The lowest BCUT2D eigenvalue weighted by atomic mass is 9.95. The molecule has 0 aliphatic carbocycles. The maximum Gasteiger partial charge on any atom is 0.0788 e. The van der Waals surface area contributed by atoms with Crippen molar-refractivity contribution in [2.75, 3.05) is 0 Å². The second-order valence-corrected chi connectivity index (χ2v) is 14.0. The van der Waals surface area contributed by atoms with Gasteiger partial charge in [0, 0.05) is 38.2 Å². The van der Waals surface area contributed by atoms with Gasteiger partial charge in [-0.3, -0.25) is 0 Å². The molecule has 53 heavy (non-hydrogen) atoms. The molecule has 0 saturated carbocycles. The molecule has 0 unspecified atom stereocenters. The standard InChI is InChI=1S/C51H32N2/c1-2-12-42(13-3-1)53-48-17-9-7-14-43(48)44-28-29-46-49(51(44)53)45-15-6-8-16-47(45)52-50(46)35-21-18-34(19-22-35)37-24-25-40-32-41(27-26-39(40)31-37)38-23-20-33-10-4-5-11-36(33)30-38/h1-32H. The summed E-state index contributed by atoms with van der Waals surface area (Å²) in [6, 6.07) is 70.4. The van der Waals surface area contributed by atoms with E-state index in [2.05, 4.69) is 199 Å². The van der Waals surface area contributed by atoms with Crippen molar-refractivity contribution in [3.63, 3.8) is 0 Å². The Balaban J connectivity index is 1.03. The smallest absolute Gasteiger partial charge is 0.0788 e. The Morgan fingerprint density at radius 1 is 0.340 bits per heavy atom. The summed E-state index contributed by atoms with van der Waals surface area (Å²) in [7, 11) is 0. The molecular formula is C51H32N2. The number of aromatic nitrogens is 2. The monoisotopic (exact) mass is 672 g/mol. The third-order valence-corrected chi connectivity index (χ3v) is 10.9. The molecule has 11 rings (SSSR count). The van der Waals surface area contributed by atoms with Gasteiger partial charge in [-0.25, -0.2) is 4.98 Å². The minimum atomic E-state index is 0.994. The highest BCUT2D eigenvalue weighted by molar-refractivity contribution is 6.26. The maximum atomic E-state index is 5.32. The average molecular weight is 673 g/mol. The highest BCUT2D eigenvalue weighted by atomic mass is 15.0. The SMILES string of the molecule is c1ccc(-n2c3ccccc3c3ccc4c(-c5ccc(-c6ccc7cc(-c8ccc9ccccc9c8)ccc7c6)cc5)nc5ccccc5c4c32)cc1. The van der Waals surface area contributed by atoms with E-state index in [1.54, 1.807) is 0 Å². The molecule has 0 saturated heterocycles. The van der Waals surface area contributed by atoms with Crippen LogP contribution in [0.2, 0.25) is 0 Å². The molecular weight excluding hydrogens is 641 g/mol. The lowest BCUT2D eigenvalue weighted by Crippen LogP contribution is -1.96. The molecule has 0 spiro atoms. The van der Waals surface area contributed by atoms with Gasteiger partial charge in [-0.1, -0.05) is 152 Å². The van der Waals surface area contributed by atoms with Gasteiger partial charge in [0.25, 0.3) is 0 Å². The highest BCUT2D eigenvalue weighted by Crippen LogP contribution is 2.42. The van der Waals surface area contributed by atoms with Crippen molar-refractivity contribution in [2.24, 2.45) is 0 Å². The van der Waals surface area contributed by atoms with E-state index in [1.807, 2.05) is 0 Å². The van der Waals surface area contributed by atoms with Gasteiger partial charge in [-0.05, 0) is 86.3 Å². The quantitative estimate of drug-likeness (QED) is 0.170. The molecule has 0 N–H and O–H groups in total. The summed E-state index contributed by atoms with van der Waals surface area (Å²) in [4.78, 5) is 5.32.